The summed E-state index contributed by atoms with van der Waals surface area (Å²) in [6.45, 7) is -0.0156. The van der Waals surface area contributed by atoms with Crippen LogP contribution in [0.4, 0.5) is 19.3 Å². The Balaban J connectivity index is 2.01. The highest BCUT2D eigenvalue weighted by Gasteiger charge is 2.15. The van der Waals surface area contributed by atoms with Gasteiger partial charge in [0.15, 0.2) is 11.6 Å². The molecule has 0 aliphatic heterocycles. The standard InChI is InChI=1S/C15H10F2N2O2S/c16-12-6-11(22-9-18)7-13(17)14(12)19-15(20)21-8-10-4-2-1-3-5-10/h1-7H,8H2,(H,19,20). The first kappa shape index (κ1) is 15.8. The fourth-order valence-corrected chi connectivity index (χ4v) is 2.07. The number of benzene rings is 2. The number of thiocyanates is 1. The van der Waals surface area contributed by atoms with E-state index in [2.05, 4.69) is 0 Å². The van der Waals surface area contributed by atoms with Gasteiger partial charge in [-0.1, -0.05) is 30.3 Å². The number of halogens is 2. The first-order valence-electron chi connectivity index (χ1n) is 6.13. The highest BCUT2D eigenvalue weighted by molar-refractivity contribution is 8.03. The molecule has 0 aromatic heterocycles. The van der Waals surface area contributed by atoms with Gasteiger partial charge in [-0.2, -0.15) is 5.26 Å². The predicted octanol–water partition coefficient (Wildman–Crippen LogP) is 4.29. The molecule has 0 saturated carbocycles. The van der Waals surface area contributed by atoms with Crippen LogP contribution in [0.1, 0.15) is 5.56 Å². The van der Waals surface area contributed by atoms with Gasteiger partial charge in [0.2, 0.25) is 0 Å². The molecular weight excluding hydrogens is 310 g/mol. The molecule has 0 unspecified atom stereocenters. The number of nitrogens with zero attached hydrogens (tertiary/aromatic N) is 1. The topological polar surface area (TPSA) is 62.1 Å². The van der Waals surface area contributed by atoms with Crippen molar-refractivity contribution in [3.63, 3.8) is 0 Å². The normalized spacial score (nSPS) is 9.86. The second-order valence-corrected chi connectivity index (χ2v) is 5.00. The second-order valence-electron chi connectivity index (χ2n) is 4.14. The Morgan fingerprint density at radius 2 is 1.86 bits per heavy atom. The number of ether oxygens (including phenoxy) is 1. The highest BCUT2D eigenvalue weighted by Crippen LogP contribution is 2.26. The summed E-state index contributed by atoms with van der Waals surface area (Å²) in [6.07, 6.45) is -0.970. The summed E-state index contributed by atoms with van der Waals surface area (Å²) < 4.78 is 32.3. The lowest BCUT2D eigenvalue weighted by Crippen LogP contribution is -2.15. The Morgan fingerprint density at radius 3 is 2.45 bits per heavy atom. The quantitative estimate of drug-likeness (QED) is 0.674. The first-order valence-corrected chi connectivity index (χ1v) is 6.94. The zero-order valence-corrected chi connectivity index (χ0v) is 12.0. The van der Waals surface area contributed by atoms with Crippen LogP contribution < -0.4 is 5.32 Å². The van der Waals surface area contributed by atoms with Crippen LogP contribution in [0.25, 0.3) is 0 Å². The van der Waals surface area contributed by atoms with Gasteiger partial charge in [0, 0.05) is 4.90 Å². The molecule has 4 nitrogen and oxygen atoms in total. The summed E-state index contributed by atoms with van der Waals surface area (Å²) in [5, 5.41) is 12.2. The van der Waals surface area contributed by atoms with E-state index in [9.17, 15) is 13.6 Å². The highest BCUT2D eigenvalue weighted by atomic mass is 32.2. The molecule has 1 amide bonds. The van der Waals surface area contributed by atoms with Crippen molar-refractivity contribution in [3.05, 3.63) is 59.7 Å². The number of amides is 1. The van der Waals surface area contributed by atoms with Gasteiger partial charge in [0.25, 0.3) is 0 Å². The zero-order chi connectivity index (χ0) is 15.9. The van der Waals surface area contributed by atoms with Crippen molar-refractivity contribution in [2.45, 2.75) is 11.5 Å². The molecular formula is C15H10F2N2O2S. The summed E-state index contributed by atoms with van der Waals surface area (Å²) in [5.41, 5.74) is 0.139. The molecule has 0 aliphatic carbocycles. The third-order valence-corrected chi connectivity index (χ3v) is 3.18. The molecule has 22 heavy (non-hydrogen) atoms. The first-order chi connectivity index (χ1) is 10.6. The van der Waals surface area contributed by atoms with Crippen molar-refractivity contribution in [2.75, 3.05) is 5.32 Å². The van der Waals surface area contributed by atoms with Gasteiger partial charge in [-0.15, -0.1) is 0 Å². The minimum atomic E-state index is -0.977. The van der Waals surface area contributed by atoms with Crippen LogP contribution in [-0.2, 0) is 11.3 Å². The molecule has 2 rings (SSSR count). The van der Waals surface area contributed by atoms with Crippen LogP contribution in [0.2, 0.25) is 0 Å². The van der Waals surface area contributed by atoms with Crippen LogP contribution in [0.15, 0.2) is 47.4 Å². The maximum Gasteiger partial charge on any atom is 0.412 e. The Kier molecular flexibility index (Phi) is 5.33. The van der Waals surface area contributed by atoms with E-state index < -0.39 is 23.4 Å². The molecule has 1 N–H and O–H groups in total. The van der Waals surface area contributed by atoms with E-state index in [0.29, 0.717) is 11.8 Å². The summed E-state index contributed by atoms with van der Waals surface area (Å²) >= 11 is 0.620. The fraction of sp³-hybridized carbons (Fsp3) is 0.0667. The van der Waals surface area contributed by atoms with E-state index >= 15 is 0 Å². The Hall–Kier alpha value is -2.59. The number of hydrogen-bond donors (Lipinski definition) is 1. The molecule has 0 radical (unpaired) electrons. The molecule has 0 heterocycles. The molecule has 2 aromatic carbocycles. The average molecular weight is 320 g/mol. The predicted molar refractivity (Wildman–Crippen MR) is 78.1 cm³/mol. The van der Waals surface area contributed by atoms with Gasteiger partial charge in [-0.25, -0.2) is 13.6 Å². The smallest absolute Gasteiger partial charge is 0.412 e. The summed E-state index contributed by atoms with van der Waals surface area (Å²) in [4.78, 5) is 11.7. The molecule has 112 valence electrons. The van der Waals surface area contributed by atoms with Crippen molar-refractivity contribution in [1.29, 1.82) is 5.26 Å². The molecule has 0 atom stereocenters. The molecule has 0 saturated heterocycles. The number of rotatable bonds is 4. The van der Waals surface area contributed by atoms with Crippen molar-refractivity contribution in [2.24, 2.45) is 0 Å². The van der Waals surface area contributed by atoms with Crippen LogP contribution in [0.5, 0.6) is 0 Å². The minimum Gasteiger partial charge on any atom is -0.444 e. The molecule has 0 aliphatic rings. The fourth-order valence-electron chi connectivity index (χ4n) is 1.64. The van der Waals surface area contributed by atoms with Gasteiger partial charge < -0.3 is 4.74 Å². The average Bonchev–Trinajstić information content (AvgIpc) is 2.50. The van der Waals surface area contributed by atoms with E-state index in [4.69, 9.17) is 10.00 Å². The van der Waals surface area contributed by atoms with Crippen molar-refractivity contribution in [1.82, 2.24) is 0 Å². The van der Waals surface area contributed by atoms with E-state index in [-0.39, 0.29) is 11.5 Å². The summed E-state index contributed by atoms with van der Waals surface area (Å²) in [7, 11) is 0. The lowest BCUT2D eigenvalue weighted by Gasteiger charge is -2.09. The molecule has 0 bridgehead atoms. The minimum absolute atomic E-state index is 0.0156. The van der Waals surface area contributed by atoms with E-state index in [0.717, 1.165) is 17.7 Å². The van der Waals surface area contributed by atoms with Crippen LogP contribution >= 0.6 is 11.8 Å². The SMILES string of the molecule is N#CSc1cc(F)c(NC(=O)OCc2ccccc2)c(F)c1. The number of nitrogens with one attached hydrogen (secondary N) is 1. The molecule has 2 aromatic rings. The number of nitriles is 1. The number of thioether (sulfide) groups is 1. The van der Waals surface area contributed by atoms with Gasteiger partial charge in [0.1, 0.15) is 17.7 Å². The van der Waals surface area contributed by atoms with Gasteiger partial charge >= 0.3 is 6.09 Å². The van der Waals surface area contributed by atoms with Gasteiger partial charge in [-0.05, 0) is 29.5 Å². The summed E-state index contributed by atoms with van der Waals surface area (Å²) in [5.74, 6) is -1.95. The lowest BCUT2D eigenvalue weighted by atomic mass is 10.2. The van der Waals surface area contributed by atoms with E-state index in [1.165, 1.54) is 0 Å². The maximum atomic E-state index is 13.7. The Labute approximate surface area is 129 Å². The summed E-state index contributed by atoms with van der Waals surface area (Å²) in [6, 6.07) is 10.8. The second kappa shape index (κ2) is 7.43. The van der Waals surface area contributed by atoms with Gasteiger partial charge in [-0.3, -0.25) is 5.32 Å². The zero-order valence-electron chi connectivity index (χ0n) is 11.2. The van der Waals surface area contributed by atoms with Gasteiger partial charge in [0.05, 0.1) is 0 Å². The number of carbonyl (C=O) groups excluding carboxylic acids is 1. The van der Waals surface area contributed by atoms with Crippen LogP contribution in [0.3, 0.4) is 0 Å². The van der Waals surface area contributed by atoms with Crippen LogP contribution in [-0.4, -0.2) is 6.09 Å². The van der Waals surface area contributed by atoms with E-state index in [1.54, 1.807) is 29.7 Å². The van der Waals surface area contributed by atoms with Crippen molar-refractivity contribution >= 4 is 23.5 Å². The third-order valence-electron chi connectivity index (χ3n) is 2.62. The van der Waals surface area contributed by atoms with E-state index in [1.807, 2.05) is 11.4 Å². The monoisotopic (exact) mass is 320 g/mol. The third kappa shape index (κ3) is 4.20. The molecule has 0 fully saturated rings. The van der Waals surface area contributed by atoms with Crippen molar-refractivity contribution < 1.29 is 18.3 Å². The Morgan fingerprint density at radius 1 is 1.23 bits per heavy atom. The largest absolute Gasteiger partial charge is 0.444 e. The Bertz CT molecular complexity index is 694. The number of carbonyl (C=O) groups is 1. The molecule has 7 heteroatoms. The number of anilines is 1. The van der Waals surface area contributed by atoms with Crippen molar-refractivity contribution in [3.8, 4) is 5.40 Å². The number of hydrogen-bond acceptors (Lipinski definition) is 4. The van der Waals surface area contributed by atoms with Crippen LogP contribution in [0, 0.1) is 22.3 Å². The molecule has 0 spiro atoms. The lowest BCUT2D eigenvalue weighted by molar-refractivity contribution is 0.155. The maximum absolute atomic E-state index is 13.7.